The van der Waals surface area contributed by atoms with Crippen molar-refractivity contribution in [2.45, 2.75) is 302 Å². The average Bonchev–Trinajstić information content (AvgIpc) is 3.26. The number of allylic oxidation sites excluding steroid dienone is 4. The van der Waals surface area contributed by atoms with Crippen molar-refractivity contribution in [1.29, 1.82) is 0 Å². The van der Waals surface area contributed by atoms with Gasteiger partial charge < -0.3 is 20.3 Å². The third kappa shape index (κ3) is 47.7. The number of nitrogens with one attached hydrogen (secondary N) is 1. The van der Waals surface area contributed by atoms with E-state index >= 15 is 0 Å². The Labute approximate surface area is 380 Å². The van der Waals surface area contributed by atoms with E-state index in [2.05, 4.69) is 43.5 Å². The number of carbonyl (C=O) groups excluding carboxylic acids is 2. The number of hydrogen-bond donors (Lipinski definition) is 3. The number of amides is 1. The molecule has 0 aliphatic carbocycles. The zero-order valence-electron chi connectivity index (χ0n) is 40.9. The Kier molecular flexibility index (Phi) is 49.6. The average molecular weight is 860 g/mol. The monoisotopic (exact) mass is 860 g/mol. The van der Waals surface area contributed by atoms with Gasteiger partial charge in [-0.1, -0.05) is 244 Å². The summed E-state index contributed by atoms with van der Waals surface area (Å²) >= 11 is 0. The number of carbonyl (C=O) groups is 2. The Morgan fingerprint density at radius 1 is 0.459 bits per heavy atom. The van der Waals surface area contributed by atoms with Crippen LogP contribution in [0.5, 0.6) is 0 Å². The number of hydrogen-bond acceptors (Lipinski definition) is 5. The van der Waals surface area contributed by atoms with Crippen LogP contribution in [0.2, 0.25) is 0 Å². The maximum atomic E-state index is 12.4. The molecule has 1 amide bonds. The Morgan fingerprint density at radius 3 is 1.26 bits per heavy atom. The van der Waals surface area contributed by atoms with E-state index in [1.54, 1.807) is 0 Å². The lowest BCUT2D eigenvalue weighted by Gasteiger charge is -2.22. The quantitative estimate of drug-likeness (QED) is 0.0322. The van der Waals surface area contributed by atoms with Crippen molar-refractivity contribution in [3.8, 4) is 0 Å². The maximum Gasteiger partial charge on any atom is 0.305 e. The van der Waals surface area contributed by atoms with Crippen LogP contribution < -0.4 is 5.32 Å². The first-order valence-electron chi connectivity index (χ1n) is 27.1. The summed E-state index contributed by atoms with van der Waals surface area (Å²) in [5.41, 5.74) is 0. The molecule has 0 radical (unpaired) electrons. The van der Waals surface area contributed by atoms with Crippen LogP contribution in [0.3, 0.4) is 0 Å². The molecule has 0 rings (SSSR count). The lowest BCUT2D eigenvalue weighted by atomic mass is 10.0. The minimum atomic E-state index is -0.672. The lowest BCUT2D eigenvalue weighted by Crippen LogP contribution is -2.45. The van der Waals surface area contributed by atoms with Crippen LogP contribution in [0.1, 0.15) is 290 Å². The van der Waals surface area contributed by atoms with Crippen LogP contribution in [0, 0.1) is 0 Å². The molecule has 6 nitrogen and oxygen atoms in total. The molecule has 0 aliphatic rings. The largest absolute Gasteiger partial charge is 0.466 e. The van der Waals surface area contributed by atoms with E-state index in [1.165, 1.54) is 199 Å². The topological polar surface area (TPSA) is 95.9 Å². The van der Waals surface area contributed by atoms with Gasteiger partial charge in [0, 0.05) is 12.8 Å². The molecule has 0 spiro atoms. The van der Waals surface area contributed by atoms with Gasteiger partial charge in [-0.15, -0.1) is 0 Å². The maximum absolute atomic E-state index is 12.4. The van der Waals surface area contributed by atoms with Gasteiger partial charge in [0.05, 0.1) is 25.4 Å². The van der Waals surface area contributed by atoms with Crippen molar-refractivity contribution in [3.63, 3.8) is 0 Å². The highest BCUT2D eigenvalue weighted by molar-refractivity contribution is 5.76. The fourth-order valence-corrected chi connectivity index (χ4v) is 8.32. The standard InChI is InChI=1S/C55H105NO5/c1-3-5-7-9-11-13-15-17-18-19-20-21-25-29-33-37-41-45-49-55(60)61-50-46-42-38-34-30-26-22-24-28-32-36-40-44-48-54(59)56-52(51-57)53(58)47-43-39-35-31-27-23-16-14-12-10-8-6-4-2/h13,15,18-19,52-53,57-58H,3-12,14,16-17,20-51H2,1-2H3,(H,56,59)/b15-13-,19-18-. The van der Waals surface area contributed by atoms with Crippen molar-refractivity contribution in [2.75, 3.05) is 13.2 Å². The summed E-state index contributed by atoms with van der Waals surface area (Å²) in [5.74, 6) is -0.0608. The molecular weight excluding hydrogens is 755 g/mol. The molecule has 0 aromatic carbocycles. The second kappa shape index (κ2) is 51.0. The molecule has 0 heterocycles. The molecule has 0 aliphatic heterocycles. The smallest absolute Gasteiger partial charge is 0.305 e. The zero-order chi connectivity index (χ0) is 44.4. The number of unbranched alkanes of at least 4 members (excludes halogenated alkanes) is 35. The summed E-state index contributed by atoms with van der Waals surface area (Å²) in [6.45, 7) is 4.91. The van der Waals surface area contributed by atoms with Crippen LogP contribution in [-0.2, 0) is 14.3 Å². The van der Waals surface area contributed by atoms with E-state index in [9.17, 15) is 19.8 Å². The molecule has 0 aromatic heterocycles. The molecule has 0 saturated carbocycles. The van der Waals surface area contributed by atoms with E-state index in [4.69, 9.17) is 4.74 Å². The van der Waals surface area contributed by atoms with Gasteiger partial charge in [-0.2, -0.15) is 0 Å². The number of rotatable bonds is 50. The van der Waals surface area contributed by atoms with Gasteiger partial charge >= 0.3 is 5.97 Å². The van der Waals surface area contributed by atoms with E-state index < -0.39 is 12.1 Å². The van der Waals surface area contributed by atoms with E-state index in [0.717, 1.165) is 57.8 Å². The molecule has 6 heteroatoms. The minimum absolute atomic E-state index is 0.0127. The Balaban J connectivity index is 3.44. The Morgan fingerprint density at radius 2 is 0.820 bits per heavy atom. The predicted octanol–water partition coefficient (Wildman–Crippen LogP) is 16.3. The number of ether oxygens (including phenoxy) is 1. The summed E-state index contributed by atoms with van der Waals surface area (Å²) in [6, 6.07) is -0.551. The molecule has 0 bridgehead atoms. The van der Waals surface area contributed by atoms with Gasteiger partial charge in [-0.05, 0) is 57.8 Å². The van der Waals surface area contributed by atoms with Crippen LogP contribution in [0.15, 0.2) is 24.3 Å². The molecule has 0 fully saturated rings. The molecule has 0 saturated heterocycles. The first-order chi connectivity index (χ1) is 30.0. The van der Waals surface area contributed by atoms with Crippen LogP contribution in [0.4, 0.5) is 0 Å². The second-order valence-electron chi connectivity index (χ2n) is 18.6. The summed E-state index contributed by atoms with van der Waals surface area (Å²) in [6.07, 6.45) is 60.0. The van der Waals surface area contributed by atoms with Gasteiger partial charge in [0.2, 0.25) is 5.91 Å². The van der Waals surface area contributed by atoms with Gasteiger partial charge in [-0.3, -0.25) is 9.59 Å². The molecular formula is C55H105NO5. The SMILES string of the molecule is CCCCCC/C=C\C/C=C\CCCCCCCCCC(=O)OCCCCCCCCCCCCCCCC(=O)NC(CO)C(O)CCCCCCCCCCCCCCC. The number of aliphatic hydroxyl groups excluding tert-OH is 2. The van der Waals surface area contributed by atoms with Crippen LogP contribution >= 0.6 is 0 Å². The molecule has 3 N–H and O–H groups in total. The molecule has 2 atom stereocenters. The van der Waals surface area contributed by atoms with Crippen molar-refractivity contribution < 1.29 is 24.5 Å². The van der Waals surface area contributed by atoms with Crippen molar-refractivity contribution in [3.05, 3.63) is 24.3 Å². The minimum Gasteiger partial charge on any atom is -0.466 e. The predicted molar refractivity (Wildman–Crippen MR) is 264 cm³/mol. The van der Waals surface area contributed by atoms with Gasteiger partial charge in [0.15, 0.2) is 0 Å². The van der Waals surface area contributed by atoms with Crippen LogP contribution in [0.25, 0.3) is 0 Å². The summed E-state index contributed by atoms with van der Waals surface area (Å²) in [5, 5.41) is 23.2. The van der Waals surface area contributed by atoms with Gasteiger partial charge in [0.1, 0.15) is 0 Å². The second-order valence-corrected chi connectivity index (χ2v) is 18.6. The molecule has 360 valence electrons. The van der Waals surface area contributed by atoms with Crippen molar-refractivity contribution in [1.82, 2.24) is 5.32 Å². The van der Waals surface area contributed by atoms with Crippen molar-refractivity contribution >= 4 is 11.9 Å². The van der Waals surface area contributed by atoms with Gasteiger partial charge in [0.25, 0.3) is 0 Å². The first kappa shape index (κ1) is 59.3. The van der Waals surface area contributed by atoms with E-state index in [1.807, 2.05) is 0 Å². The molecule has 2 unspecified atom stereocenters. The Hall–Kier alpha value is -1.66. The zero-order valence-corrected chi connectivity index (χ0v) is 40.9. The number of aliphatic hydroxyl groups is 2. The fraction of sp³-hybridized carbons (Fsp3) is 0.891. The lowest BCUT2D eigenvalue weighted by molar-refractivity contribution is -0.143. The highest BCUT2D eigenvalue weighted by Gasteiger charge is 2.20. The van der Waals surface area contributed by atoms with Gasteiger partial charge in [-0.25, -0.2) is 0 Å². The summed E-state index contributed by atoms with van der Waals surface area (Å²) in [4.78, 5) is 24.5. The summed E-state index contributed by atoms with van der Waals surface area (Å²) < 4.78 is 5.47. The summed E-state index contributed by atoms with van der Waals surface area (Å²) in [7, 11) is 0. The third-order valence-electron chi connectivity index (χ3n) is 12.5. The number of esters is 1. The van der Waals surface area contributed by atoms with E-state index in [-0.39, 0.29) is 18.5 Å². The van der Waals surface area contributed by atoms with E-state index in [0.29, 0.717) is 25.9 Å². The third-order valence-corrected chi connectivity index (χ3v) is 12.5. The molecule has 0 aromatic rings. The molecule has 61 heavy (non-hydrogen) atoms. The van der Waals surface area contributed by atoms with Crippen molar-refractivity contribution in [2.24, 2.45) is 0 Å². The fourth-order valence-electron chi connectivity index (χ4n) is 8.32. The van der Waals surface area contributed by atoms with Crippen LogP contribution in [-0.4, -0.2) is 47.4 Å². The highest BCUT2D eigenvalue weighted by Crippen LogP contribution is 2.16. The highest BCUT2D eigenvalue weighted by atomic mass is 16.5. The normalized spacial score (nSPS) is 12.8. The first-order valence-corrected chi connectivity index (χ1v) is 27.1. The Bertz CT molecular complexity index is 951.